The number of hydrogen-bond acceptors (Lipinski definition) is 1. The summed E-state index contributed by atoms with van der Waals surface area (Å²) in [5.41, 5.74) is -0.499. The topological polar surface area (TPSA) is 37.3 Å². The van der Waals surface area contributed by atoms with Gasteiger partial charge in [0.2, 0.25) is 0 Å². The van der Waals surface area contributed by atoms with Crippen molar-refractivity contribution in [1.29, 1.82) is 0 Å². The van der Waals surface area contributed by atoms with Crippen LogP contribution in [-0.2, 0) is 10.2 Å². The molecule has 2 nitrogen and oxygen atoms in total. The second-order valence-corrected chi connectivity index (χ2v) is 4.32. The normalized spacial score (nSPS) is 11.4. The van der Waals surface area contributed by atoms with E-state index in [1.165, 1.54) is 0 Å². The van der Waals surface area contributed by atoms with Crippen LogP contribution >= 0.6 is 23.2 Å². The molecule has 0 radical (unpaired) electrons. The van der Waals surface area contributed by atoms with Gasteiger partial charge in [-0.15, -0.1) is 0 Å². The minimum atomic E-state index is -1.03. The summed E-state index contributed by atoms with van der Waals surface area (Å²) in [5, 5.41) is 9.69. The van der Waals surface area contributed by atoms with Gasteiger partial charge in [0.15, 0.2) is 0 Å². The highest BCUT2D eigenvalue weighted by Gasteiger charge is 2.31. The van der Waals surface area contributed by atoms with Crippen molar-refractivity contribution < 1.29 is 9.90 Å². The lowest BCUT2D eigenvalue weighted by Crippen LogP contribution is -2.28. The molecule has 1 rings (SSSR count). The van der Waals surface area contributed by atoms with Crippen LogP contribution in [0.15, 0.2) is 18.2 Å². The number of aliphatic carboxylic acids is 1. The summed E-state index contributed by atoms with van der Waals surface area (Å²) in [5.74, 6) is -0.929. The first kappa shape index (κ1) is 11.3. The molecule has 0 aromatic heterocycles. The molecular formula is C10H10Cl2O2. The van der Waals surface area contributed by atoms with E-state index in [9.17, 15) is 4.79 Å². The Balaban J connectivity index is 3.33. The maximum absolute atomic E-state index is 11.0. The molecule has 0 fully saturated rings. The fourth-order valence-electron chi connectivity index (χ4n) is 1.10. The van der Waals surface area contributed by atoms with Gasteiger partial charge < -0.3 is 5.11 Å². The number of carboxylic acids is 1. The number of rotatable bonds is 2. The van der Waals surface area contributed by atoms with E-state index in [0.717, 1.165) is 0 Å². The molecule has 14 heavy (non-hydrogen) atoms. The van der Waals surface area contributed by atoms with Gasteiger partial charge in [0.25, 0.3) is 0 Å². The smallest absolute Gasteiger partial charge is 0.313 e. The first-order valence-electron chi connectivity index (χ1n) is 4.05. The van der Waals surface area contributed by atoms with Gasteiger partial charge in [0, 0.05) is 0 Å². The Morgan fingerprint density at radius 1 is 1.36 bits per heavy atom. The zero-order chi connectivity index (χ0) is 10.9. The van der Waals surface area contributed by atoms with Crippen molar-refractivity contribution in [3.05, 3.63) is 33.8 Å². The highest BCUT2D eigenvalue weighted by Crippen LogP contribution is 2.34. The second-order valence-electron chi connectivity index (χ2n) is 3.53. The fourth-order valence-corrected chi connectivity index (χ4v) is 1.64. The van der Waals surface area contributed by atoms with Gasteiger partial charge in [-0.2, -0.15) is 0 Å². The molecule has 0 aliphatic heterocycles. The van der Waals surface area contributed by atoms with Crippen LogP contribution in [0.2, 0.25) is 10.0 Å². The van der Waals surface area contributed by atoms with Crippen LogP contribution < -0.4 is 0 Å². The third kappa shape index (κ3) is 1.86. The van der Waals surface area contributed by atoms with Crippen molar-refractivity contribution in [3.63, 3.8) is 0 Å². The summed E-state index contributed by atoms with van der Waals surface area (Å²) in [6.45, 7) is 3.18. The largest absolute Gasteiger partial charge is 0.481 e. The molecule has 0 aliphatic rings. The molecule has 0 amide bonds. The van der Waals surface area contributed by atoms with E-state index in [4.69, 9.17) is 28.3 Å². The number of halogens is 2. The van der Waals surface area contributed by atoms with E-state index in [0.29, 0.717) is 15.6 Å². The highest BCUT2D eigenvalue weighted by molar-refractivity contribution is 6.42. The van der Waals surface area contributed by atoms with Crippen molar-refractivity contribution in [2.45, 2.75) is 19.3 Å². The minimum absolute atomic E-state index is 0.307. The molecule has 1 aromatic carbocycles. The SMILES string of the molecule is CC(C)(C(=O)O)c1cccc(Cl)c1Cl. The molecule has 0 saturated carbocycles. The van der Waals surface area contributed by atoms with Crippen LogP contribution in [0.25, 0.3) is 0 Å². The molecule has 0 atom stereocenters. The van der Waals surface area contributed by atoms with Crippen LogP contribution in [0, 0.1) is 0 Å². The summed E-state index contributed by atoms with van der Waals surface area (Å²) in [7, 11) is 0. The van der Waals surface area contributed by atoms with Crippen molar-refractivity contribution in [3.8, 4) is 0 Å². The Morgan fingerprint density at radius 2 is 1.93 bits per heavy atom. The molecule has 0 unspecified atom stereocenters. The average Bonchev–Trinajstić information content (AvgIpc) is 2.09. The van der Waals surface area contributed by atoms with Gasteiger partial charge in [-0.25, -0.2) is 0 Å². The zero-order valence-electron chi connectivity index (χ0n) is 7.84. The lowest BCUT2D eigenvalue weighted by atomic mass is 9.85. The third-order valence-electron chi connectivity index (χ3n) is 2.16. The first-order chi connectivity index (χ1) is 6.37. The van der Waals surface area contributed by atoms with Crippen LogP contribution in [0.5, 0.6) is 0 Å². The maximum Gasteiger partial charge on any atom is 0.313 e. The monoisotopic (exact) mass is 232 g/mol. The molecule has 0 spiro atoms. The molecular weight excluding hydrogens is 223 g/mol. The molecule has 0 saturated heterocycles. The van der Waals surface area contributed by atoms with Crippen molar-refractivity contribution in [2.24, 2.45) is 0 Å². The molecule has 0 heterocycles. The molecule has 76 valence electrons. The van der Waals surface area contributed by atoms with Crippen LogP contribution in [-0.4, -0.2) is 11.1 Å². The molecule has 1 aromatic rings. The zero-order valence-corrected chi connectivity index (χ0v) is 9.36. The standard InChI is InChI=1S/C10H10Cl2O2/c1-10(2,9(13)14)6-4-3-5-7(11)8(6)12/h3-5H,1-2H3,(H,13,14). The lowest BCUT2D eigenvalue weighted by Gasteiger charge is -2.21. The Hall–Kier alpha value is -0.730. The van der Waals surface area contributed by atoms with Crippen LogP contribution in [0.1, 0.15) is 19.4 Å². The Morgan fingerprint density at radius 3 is 2.43 bits per heavy atom. The van der Waals surface area contributed by atoms with Crippen molar-refractivity contribution >= 4 is 29.2 Å². The van der Waals surface area contributed by atoms with Gasteiger partial charge in [-0.05, 0) is 25.5 Å². The lowest BCUT2D eigenvalue weighted by molar-refractivity contribution is -0.142. The Labute approximate surface area is 92.5 Å². The summed E-state index contributed by atoms with van der Waals surface area (Å²) in [6, 6.07) is 4.99. The van der Waals surface area contributed by atoms with E-state index in [1.54, 1.807) is 32.0 Å². The van der Waals surface area contributed by atoms with Gasteiger partial charge in [0.05, 0.1) is 15.5 Å². The number of hydrogen-bond donors (Lipinski definition) is 1. The van der Waals surface area contributed by atoms with E-state index >= 15 is 0 Å². The van der Waals surface area contributed by atoms with Gasteiger partial charge >= 0.3 is 5.97 Å². The van der Waals surface area contributed by atoms with Gasteiger partial charge in [-0.3, -0.25) is 4.79 Å². The summed E-state index contributed by atoms with van der Waals surface area (Å²) in [4.78, 5) is 11.0. The highest BCUT2D eigenvalue weighted by atomic mass is 35.5. The predicted octanol–water partition coefficient (Wildman–Crippen LogP) is 3.36. The van der Waals surface area contributed by atoms with E-state index in [2.05, 4.69) is 0 Å². The Bertz CT molecular complexity index is 372. The first-order valence-corrected chi connectivity index (χ1v) is 4.81. The van der Waals surface area contributed by atoms with Gasteiger partial charge in [0.1, 0.15) is 0 Å². The van der Waals surface area contributed by atoms with E-state index in [1.807, 2.05) is 0 Å². The van der Waals surface area contributed by atoms with Crippen LogP contribution in [0.4, 0.5) is 0 Å². The summed E-state index contributed by atoms with van der Waals surface area (Å²) < 4.78 is 0. The Kier molecular flexibility index (Phi) is 3.07. The quantitative estimate of drug-likeness (QED) is 0.850. The molecule has 0 aliphatic carbocycles. The maximum atomic E-state index is 11.0. The van der Waals surface area contributed by atoms with Crippen LogP contribution in [0.3, 0.4) is 0 Å². The van der Waals surface area contributed by atoms with Crippen molar-refractivity contribution in [2.75, 3.05) is 0 Å². The minimum Gasteiger partial charge on any atom is -0.481 e. The number of benzene rings is 1. The average molecular weight is 233 g/mol. The molecule has 4 heteroatoms. The third-order valence-corrected chi connectivity index (χ3v) is 2.98. The van der Waals surface area contributed by atoms with Crippen molar-refractivity contribution in [1.82, 2.24) is 0 Å². The second kappa shape index (κ2) is 3.79. The predicted molar refractivity (Wildman–Crippen MR) is 57.1 cm³/mol. The van der Waals surface area contributed by atoms with E-state index in [-0.39, 0.29) is 0 Å². The number of carboxylic acid groups (broad SMARTS) is 1. The van der Waals surface area contributed by atoms with Gasteiger partial charge in [-0.1, -0.05) is 35.3 Å². The summed E-state index contributed by atoms with van der Waals surface area (Å²) in [6.07, 6.45) is 0. The van der Waals surface area contributed by atoms with E-state index < -0.39 is 11.4 Å². The summed E-state index contributed by atoms with van der Waals surface area (Å²) >= 11 is 11.7. The number of carbonyl (C=O) groups is 1. The molecule has 1 N–H and O–H groups in total. The molecule has 0 bridgehead atoms. The fraction of sp³-hybridized carbons (Fsp3) is 0.300.